The van der Waals surface area contributed by atoms with E-state index in [4.69, 9.17) is 5.11 Å². The van der Waals surface area contributed by atoms with Crippen molar-refractivity contribution in [1.82, 2.24) is 5.32 Å². The number of hydrogen-bond donors (Lipinski definition) is 2. The van der Waals surface area contributed by atoms with Crippen molar-refractivity contribution < 1.29 is 27.6 Å². The Hall–Kier alpha value is -0.820. The highest BCUT2D eigenvalue weighted by Gasteiger charge is 2.40. The minimum Gasteiger partial charge on any atom is -0.368 e. The number of alkyl halides is 3. The van der Waals surface area contributed by atoms with Crippen molar-refractivity contribution in [2.45, 2.75) is 12.4 Å². The van der Waals surface area contributed by atoms with E-state index in [0.29, 0.717) is 0 Å². The number of halogens is 3. The predicted molar refractivity (Wildman–Crippen MR) is 43.1 cm³/mol. The molecule has 7 heteroatoms. The minimum absolute atomic E-state index is 0.00181. The quantitative estimate of drug-likeness (QED) is 0.501. The topological polar surface area (TPSA) is 49.3 Å². The molecule has 0 bridgehead atoms. The van der Waals surface area contributed by atoms with E-state index in [1.54, 1.807) is 21.1 Å². The highest BCUT2D eigenvalue weighted by molar-refractivity contribution is 5.81. The zero-order valence-corrected chi connectivity index (χ0v) is 8.22. The molecule has 0 radical (unpaired) electrons. The van der Waals surface area contributed by atoms with Crippen molar-refractivity contribution in [1.29, 1.82) is 0 Å². The molecular formula is C7H14F3N2O2+. The molecule has 84 valence electrons. The molecule has 0 aliphatic carbocycles. The molecule has 0 aliphatic rings. The van der Waals surface area contributed by atoms with Crippen molar-refractivity contribution in [2.24, 2.45) is 0 Å². The molecule has 0 aromatic heterocycles. The molecule has 0 aliphatic heterocycles. The Morgan fingerprint density at radius 1 is 1.43 bits per heavy atom. The van der Waals surface area contributed by atoms with Gasteiger partial charge in [0, 0.05) is 0 Å². The molecule has 1 unspecified atom stereocenters. The zero-order chi connectivity index (χ0) is 11.6. The number of hydrogen-bond acceptors (Lipinski definition) is 2. The lowest BCUT2D eigenvalue weighted by atomic mass is 10.4. The SMILES string of the molecule is C[N+](C)(C)CC(O)NC(=O)C(F)(F)F. The van der Waals surface area contributed by atoms with Crippen LogP contribution in [0.25, 0.3) is 0 Å². The van der Waals surface area contributed by atoms with Crippen LogP contribution in [0.1, 0.15) is 0 Å². The predicted octanol–water partition coefficient (Wildman–Crippen LogP) is -0.311. The van der Waals surface area contributed by atoms with Crippen LogP contribution in [0.3, 0.4) is 0 Å². The van der Waals surface area contributed by atoms with Crippen molar-refractivity contribution in [3.63, 3.8) is 0 Å². The summed E-state index contributed by atoms with van der Waals surface area (Å²) in [5.74, 6) is -2.13. The Labute approximate surface area is 79.9 Å². The van der Waals surface area contributed by atoms with Crippen LogP contribution >= 0.6 is 0 Å². The van der Waals surface area contributed by atoms with Crippen molar-refractivity contribution in [3.05, 3.63) is 0 Å². The molecule has 14 heavy (non-hydrogen) atoms. The molecular weight excluding hydrogens is 201 g/mol. The molecule has 4 nitrogen and oxygen atoms in total. The van der Waals surface area contributed by atoms with Crippen LogP contribution in [0.4, 0.5) is 13.2 Å². The molecule has 0 saturated carbocycles. The summed E-state index contributed by atoms with van der Waals surface area (Å²) in [6.07, 6.45) is -6.45. The smallest absolute Gasteiger partial charge is 0.368 e. The highest BCUT2D eigenvalue weighted by atomic mass is 19.4. The average molecular weight is 215 g/mol. The van der Waals surface area contributed by atoms with Gasteiger partial charge in [0.2, 0.25) is 0 Å². The maximum absolute atomic E-state index is 11.7. The number of likely N-dealkylation sites (N-methyl/N-ethyl adjacent to an activating group) is 1. The van der Waals surface area contributed by atoms with Gasteiger partial charge in [-0.3, -0.25) is 4.79 Å². The summed E-state index contributed by atoms with van der Waals surface area (Å²) < 4.78 is 35.4. The Kier molecular flexibility index (Phi) is 3.90. The second-order valence-electron chi connectivity index (χ2n) is 3.96. The number of aliphatic hydroxyl groups excluding tert-OH is 1. The summed E-state index contributed by atoms with van der Waals surface area (Å²) in [5, 5.41) is 10.5. The number of rotatable bonds is 3. The van der Waals surface area contributed by atoms with Gasteiger partial charge in [0.1, 0.15) is 6.54 Å². The van der Waals surface area contributed by atoms with Gasteiger partial charge in [0.15, 0.2) is 6.23 Å². The molecule has 0 aromatic rings. The third kappa shape index (κ3) is 5.76. The van der Waals surface area contributed by atoms with E-state index in [2.05, 4.69) is 0 Å². The lowest BCUT2D eigenvalue weighted by Crippen LogP contribution is -2.51. The van der Waals surface area contributed by atoms with Gasteiger partial charge in [0.25, 0.3) is 0 Å². The fraction of sp³-hybridized carbons (Fsp3) is 0.857. The van der Waals surface area contributed by atoms with Crippen molar-refractivity contribution >= 4 is 5.91 Å². The summed E-state index contributed by atoms with van der Waals surface area (Å²) in [7, 11) is 5.05. The molecule has 0 heterocycles. The van der Waals surface area contributed by atoms with Gasteiger partial charge in [-0.25, -0.2) is 0 Å². The number of carbonyl (C=O) groups excluding carboxylic acids is 1. The number of nitrogens with one attached hydrogen (secondary N) is 1. The van der Waals surface area contributed by atoms with Crippen molar-refractivity contribution in [2.75, 3.05) is 27.7 Å². The molecule has 1 amide bonds. The zero-order valence-electron chi connectivity index (χ0n) is 8.22. The maximum atomic E-state index is 11.7. The minimum atomic E-state index is -4.95. The van der Waals surface area contributed by atoms with Gasteiger partial charge < -0.3 is 14.9 Å². The van der Waals surface area contributed by atoms with Crippen LogP contribution in [0.5, 0.6) is 0 Å². The number of nitrogens with zero attached hydrogens (tertiary/aromatic N) is 1. The van der Waals surface area contributed by atoms with Crippen LogP contribution in [0, 0.1) is 0 Å². The number of quaternary nitrogens is 1. The number of amides is 1. The second-order valence-corrected chi connectivity index (χ2v) is 3.96. The van der Waals surface area contributed by atoms with E-state index >= 15 is 0 Å². The normalized spacial score (nSPS) is 15.1. The van der Waals surface area contributed by atoms with Crippen LogP contribution in [-0.4, -0.2) is 55.6 Å². The Morgan fingerprint density at radius 2 is 1.86 bits per heavy atom. The first-order valence-corrected chi connectivity index (χ1v) is 3.88. The first-order valence-electron chi connectivity index (χ1n) is 3.88. The first-order chi connectivity index (χ1) is 6.02. The lowest BCUT2D eigenvalue weighted by Gasteiger charge is -2.27. The van der Waals surface area contributed by atoms with E-state index in [0.717, 1.165) is 0 Å². The van der Waals surface area contributed by atoms with Gasteiger partial charge >= 0.3 is 12.1 Å². The third-order valence-corrected chi connectivity index (χ3v) is 1.28. The van der Waals surface area contributed by atoms with Crippen molar-refractivity contribution in [3.8, 4) is 0 Å². The van der Waals surface area contributed by atoms with E-state index < -0.39 is 18.3 Å². The van der Waals surface area contributed by atoms with Gasteiger partial charge in [-0.05, 0) is 0 Å². The second kappa shape index (κ2) is 4.14. The van der Waals surface area contributed by atoms with Crippen LogP contribution in [0.15, 0.2) is 0 Å². The molecule has 0 rings (SSSR count). The molecule has 1 atom stereocenters. The van der Waals surface area contributed by atoms with Crippen LogP contribution < -0.4 is 5.32 Å². The van der Waals surface area contributed by atoms with Gasteiger partial charge in [0.05, 0.1) is 21.1 Å². The Balaban J connectivity index is 4.09. The largest absolute Gasteiger partial charge is 0.471 e. The van der Waals surface area contributed by atoms with E-state index in [9.17, 15) is 18.0 Å². The maximum Gasteiger partial charge on any atom is 0.471 e. The Bertz CT molecular complexity index is 210. The van der Waals surface area contributed by atoms with Gasteiger partial charge in [-0.2, -0.15) is 13.2 Å². The average Bonchev–Trinajstić information content (AvgIpc) is 1.79. The molecule has 2 N–H and O–H groups in total. The summed E-state index contributed by atoms with van der Waals surface area (Å²) in [6, 6.07) is 0. The fourth-order valence-corrected chi connectivity index (χ4v) is 0.798. The van der Waals surface area contributed by atoms with Crippen LogP contribution in [-0.2, 0) is 4.79 Å². The number of aliphatic hydroxyl groups is 1. The van der Waals surface area contributed by atoms with E-state index in [1.807, 2.05) is 0 Å². The fourth-order valence-electron chi connectivity index (χ4n) is 0.798. The Morgan fingerprint density at radius 3 is 2.14 bits per heavy atom. The first kappa shape index (κ1) is 13.2. The highest BCUT2D eigenvalue weighted by Crippen LogP contribution is 2.14. The van der Waals surface area contributed by atoms with E-state index in [1.165, 1.54) is 5.32 Å². The molecule has 0 spiro atoms. The molecule has 0 aromatic carbocycles. The van der Waals surface area contributed by atoms with Gasteiger partial charge in [-0.1, -0.05) is 0 Å². The monoisotopic (exact) mass is 215 g/mol. The standard InChI is InChI=1S/C7H13F3N2O2/c1-12(2,3)4-5(13)11-6(14)7(8,9)10/h5,13H,4H2,1-3H3/p+1. The summed E-state index contributed by atoms with van der Waals surface area (Å²) >= 11 is 0. The molecule has 0 saturated heterocycles. The summed E-state index contributed by atoms with van der Waals surface area (Å²) in [5.41, 5.74) is 0. The summed E-state index contributed by atoms with van der Waals surface area (Å²) in [4.78, 5) is 10.4. The third-order valence-electron chi connectivity index (χ3n) is 1.28. The lowest BCUT2D eigenvalue weighted by molar-refractivity contribution is -0.873. The number of carbonyl (C=O) groups is 1. The van der Waals surface area contributed by atoms with Crippen LogP contribution in [0.2, 0.25) is 0 Å². The molecule has 0 fully saturated rings. The van der Waals surface area contributed by atoms with E-state index in [-0.39, 0.29) is 11.0 Å². The van der Waals surface area contributed by atoms with Gasteiger partial charge in [-0.15, -0.1) is 0 Å². The summed E-state index contributed by atoms with van der Waals surface area (Å²) in [6.45, 7) is 0.00181.